The van der Waals surface area contributed by atoms with E-state index in [9.17, 15) is 22.0 Å². The molecule has 0 bridgehead atoms. The first-order valence-corrected chi connectivity index (χ1v) is 8.58. The highest BCUT2D eigenvalue weighted by molar-refractivity contribution is 8.13. The van der Waals surface area contributed by atoms with Crippen LogP contribution in [0.1, 0.15) is 37.6 Å². The maximum Gasteiger partial charge on any atom is 0.261 e. The molecule has 4 nitrogen and oxygen atoms in total. The first-order chi connectivity index (χ1) is 9.52. The van der Waals surface area contributed by atoms with Crippen molar-refractivity contribution in [1.29, 1.82) is 0 Å². The molecule has 0 aliphatic heterocycles. The number of rotatable bonds is 5. The molecule has 0 fully saturated rings. The minimum Gasteiger partial charge on any atom is -0.349 e. The number of halogens is 3. The molecule has 1 atom stereocenters. The first kappa shape index (κ1) is 17.8. The summed E-state index contributed by atoms with van der Waals surface area (Å²) in [6.07, 6.45) is 0.642. The van der Waals surface area contributed by atoms with Crippen LogP contribution in [0.3, 0.4) is 0 Å². The fourth-order valence-corrected chi connectivity index (χ4v) is 2.71. The van der Waals surface area contributed by atoms with Gasteiger partial charge >= 0.3 is 0 Å². The lowest BCUT2D eigenvalue weighted by molar-refractivity contribution is 0.0930. The molecule has 1 N–H and O–H groups in total. The SMILES string of the molecule is CC(C)CC(C)NC(=O)c1cc(S(=O)(=O)Cl)cc(F)c1F. The van der Waals surface area contributed by atoms with E-state index in [0.717, 1.165) is 6.07 Å². The molecule has 0 heterocycles. The summed E-state index contributed by atoms with van der Waals surface area (Å²) in [6.45, 7) is 5.61. The Labute approximate surface area is 126 Å². The highest BCUT2D eigenvalue weighted by Crippen LogP contribution is 2.22. The van der Waals surface area contributed by atoms with Gasteiger partial charge in [-0.15, -0.1) is 0 Å². The third-order valence-corrected chi connectivity index (χ3v) is 4.06. The molecule has 1 aromatic rings. The molecule has 1 amide bonds. The van der Waals surface area contributed by atoms with Gasteiger partial charge in [0.15, 0.2) is 11.6 Å². The molecule has 0 saturated carbocycles. The van der Waals surface area contributed by atoms with Gasteiger partial charge in [0.25, 0.3) is 15.0 Å². The molecule has 0 aromatic heterocycles. The quantitative estimate of drug-likeness (QED) is 0.839. The monoisotopic (exact) mass is 339 g/mol. The van der Waals surface area contributed by atoms with Crippen molar-refractivity contribution in [3.8, 4) is 0 Å². The number of amides is 1. The number of hydrogen-bond acceptors (Lipinski definition) is 3. The highest BCUT2D eigenvalue weighted by atomic mass is 35.7. The summed E-state index contributed by atoms with van der Waals surface area (Å²) in [5, 5.41) is 2.49. The summed E-state index contributed by atoms with van der Waals surface area (Å²) in [7, 11) is 0.825. The smallest absolute Gasteiger partial charge is 0.261 e. The van der Waals surface area contributed by atoms with Gasteiger partial charge in [0.2, 0.25) is 0 Å². The van der Waals surface area contributed by atoms with Crippen LogP contribution in [-0.4, -0.2) is 20.4 Å². The van der Waals surface area contributed by atoms with Gasteiger partial charge in [-0.3, -0.25) is 4.79 Å². The summed E-state index contributed by atoms with van der Waals surface area (Å²) >= 11 is 0. The van der Waals surface area contributed by atoms with Crippen LogP contribution in [0.2, 0.25) is 0 Å². The van der Waals surface area contributed by atoms with E-state index in [-0.39, 0.29) is 6.04 Å². The standard InChI is InChI=1S/C13H16ClF2NO3S/c1-7(2)4-8(3)17-13(18)10-5-9(21(14,19)20)6-11(15)12(10)16/h5-8H,4H2,1-3H3,(H,17,18). The lowest BCUT2D eigenvalue weighted by Crippen LogP contribution is -2.34. The molecule has 0 spiro atoms. The number of carbonyl (C=O) groups excluding carboxylic acids is 1. The van der Waals surface area contributed by atoms with Gasteiger partial charge in [-0.1, -0.05) is 13.8 Å². The van der Waals surface area contributed by atoms with Gasteiger partial charge in [-0.2, -0.15) is 0 Å². The zero-order chi connectivity index (χ0) is 16.4. The summed E-state index contributed by atoms with van der Waals surface area (Å²) in [5.74, 6) is -3.44. The average molecular weight is 340 g/mol. The Bertz CT molecular complexity index is 647. The van der Waals surface area contributed by atoms with Crippen LogP contribution in [-0.2, 0) is 9.05 Å². The lowest BCUT2D eigenvalue weighted by atomic mass is 10.0. The van der Waals surface area contributed by atoms with Crippen molar-refractivity contribution in [2.24, 2.45) is 5.92 Å². The van der Waals surface area contributed by atoms with Crippen LogP contribution >= 0.6 is 10.7 Å². The van der Waals surface area contributed by atoms with Gasteiger partial charge in [0.05, 0.1) is 10.5 Å². The fourth-order valence-electron chi connectivity index (χ4n) is 1.94. The van der Waals surface area contributed by atoms with E-state index < -0.39 is 37.1 Å². The molecule has 1 unspecified atom stereocenters. The molecule has 118 valence electrons. The van der Waals surface area contributed by atoms with Crippen molar-refractivity contribution < 1.29 is 22.0 Å². The molecule has 1 rings (SSSR count). The van der Waals surface area contributed by atoms with Crippen LogP contribution in [0.15, 0.2) is 17.0 Å². The molecule has 0 aliphatic carbocycles. The van der Waals surface area contributed by atoms with E-state index in [0.29, 0.717) is 18.4 Å². The maximum atomic E-state index is 13.7. The van der Waals surface area contributed by atoms with Crippen LogP contribution in [0, 0.1) is 17.6 Å². The Kier molecular flexibility index (Phi) is 5.69. The topological polar surface area (TPSA) is 63.2 Å². The summed E-state index contributed by atoms with van der Waals surface area (Å²) < 4.78 is 49.4. The molecular formula is C13H16ClF2NO3S. The van der Waals surface area contributed by atoms with E-state index >= 15 is 0 Å². The predicted molar refractivity (Wildman–Crippen MR) is 75.8 cm³/mol. The van der Waals surface area contributed by atoms with Crippen LogP contribution in [0.4, 0.5) is 8.78 Å². The van der Waals surface area contributed by atoms with Crippen LogP contribution in [0.25, 0.3) is 0 Å². The normalized spacial score (nSPS) is 13.3. The minimum atomic E-state index is -4.26. The van der Waals surface area contributed by atoms with Crippen molar-refractivity contribution in [3.05, 3.63) is 29.3 Å². The largest absolute Gasteiger partial charge is 0.349 e. The zero-order valence-corrected chi connectivity index (χ0v) is 13.4. The number of benzene rings is 1. The van der Waals surface area contributed by atoms with Crippen molar-refractivity contribution in [3.63, 3.8) is 0 Å². The van der Waals surface area contributed by atoms with Gasteiger partial charge in [-0.25, -0.2) is 17.2 Å². The van der Waals surface area contributed by atoms with Crippen molar-refractivity contribution in [2.45, 2.75) is 38.1 Å². The predicted octanol–water partition coefficient (Wildman–Crippen LogP) is 3.06. The molecular weight excluding hydrogens is 324 g/mol. The van der Waals surface area contributed by atoms with E-state index in [1.165, 1.54) is 0 Å². The summed E-state index contributed by atoms with van der Waals surface area (Å²) in [6, 6.07) is 0.890. The third kappa shape index (κ3) is 4.93. The Balaban J connectivity index is 3.12. The Morgan fingerprint density at radius 3 is 2.33 bits per heavy atom. The molecule has 8 heteroatoms. The molecule has 1 aromatic carbocycles. The van der Waals surface area contributed by atoms with E-state index in [4.69, 9.17) is 10.7 Å². The summed E-state index contributed by atoms with van der Waals surface area (Å²) in [4.78, 5) is 11.3. The number of carbonyl (C=O) groups is 1. The molecule has 0 saturated heterocycles. The third-order valence-electron chi connectivity index (χ3n) is 2.73. The van der Waals surface area contributed by atoms with Gasteiger partial charge in [0, 0.05) is 16.7 Å². The van der Waals surface area contributed by atoms with Gasteiger partial charge < -0.3 is 5.32 Å². The molecule has 0 radical (unpaired) electrons. The average Bonchev–Trinajstić information content (AvgIpc) is 2.29. The van der Waals surface area contributed by atoms with Crippen molar-refractivity contribution in [2.75, 3.05) is 0 Å². The van der Waals surface area contributed by atoms with Gasteiger partial charge in [-0.05, 0) is 31.4 Å². The number of nitrogens with one attached hydrogen (secondary N) is 1. The lowest BCUT2D eigenvalue weighted by Gasteiger charge is -2.16. The van der Waals surface area contributed by atoms with E-state index in [1.54, 1.807) is 6.92 Å². The zero-order valence-electron chi connectivity index (χ0n) is 11.8. The first-order valence-electron chi connectivity index (χ1n) is 6.27. The second kappa shape index (κ2) is 6.70. The van der Waals surface area contributed by atoms with E-state index in [1.807, 2.05) is 13.8 Å². The number of hydrogen-bond donors (Lipinski definition) is 1. The second-order valence-electron chi connectivity index (χ2n) is 5.21. The summed E-state index contributed by atoms with van der Waals surface area (Å²) in [5.41, 5.74) is -0.690. The Hall–Kier alpha value is -1.21. The fraction of sp³-hybridized carbons (Fsp3) is 0.462. The molecule has 21 heavy (non-hydrogen) atoms. The highest BCUT2D eigenvalue weighted by Gasteiger charge is 2.22. The Morgan fingerprint density at radius 2 is 1.86 bits per heavy atom. The maximum absolute atomic E-state index is 13.7. The van der Waals surface area contributed by atoms with Crippen LogP contribution in [0.5, 0.6) is 0 Å². The second-order valence-corrected chi connectivity index (χ2v) is 7.77. The van der Waals surface area contributed by atoms with Crippen molar-refractivity contribution >= 4 is 25.6 Å². The van der Waals surface area contributed by atoms with Gasteiger partial charge in [0.1, 0.15) is 0 Å². The molecule has 0 aliphatic rings. The van der Waals surface area contributed by atoms with E-state index in [2.05, 4.69) is 5.32 Å². The minimum absolute atomic E-state index is 0.267. The van der Waals surface area contributed by atoms with Crippen molar-refractivity contribution in [1.82, 2.24) is 5.32 Å². The van der Waals surface area contributed by atoms with Crippen LogP contribution < -0.4 is 5.32 Å². The Morgan fingerprint density at radius 1 is 1.29 bits per heavy atom.